The summed E-state index contributed by atoms with van der Waals surface area (Å²) in [4.78, 5) is 26.0. The van der Waals surface area contributed by atoms with Gasteiger partial charge < -0.3 is 29.9 Å². The lowest BCUT2D eigenvalue weighted by molar-refractivity contribution is -0.279. The summed E-state index contributed by atoms with van der Waals surface area (Å²) in [6, 6.07) is 0. The van der Waals surface area contributed by atoms with E-state index in [0.29, 0.717) is 6.42 Å². The first-order chi connectivity index (χ1) is 16.7. The summed E-state index contributed by atoms with van der Waals surface area (Å²) in [6.07, 6.45) is 1.72. The van der Waals surface area contributed by atoms with Gasteiger partial charge in [0, 0.05) is 6.42 Å². The van der Waals surface area contributed by atoms with Gasteiger partial charge in [-0.25, -0.2) is 4.79 Å². The molecule has 2 heterocycles. The molecule has 14 unspecified atom stereocenters. The van der Waals surface area contributed by atoms with Crippen LogP contribution in [-0.2, 0) is 19.1 Å². The number of carbonyl (C=O) groups is 2. The highest BCUT2D eigenvalue weighted by molar-refractivity contribution is 5.97. The van der Waals surface area contributed by atoms with Crippen LogP contribution < -0.4 is 0 Å². The van der Waals surface area contributed by atoms with Crippen LogP contribution in [0.3, 0.4) is 0 Å². The number of fused-ring (bicyclic) bond motifs is 6. The molecule has 0 amide bonds. The lowest BCUT2D eigenvalue weighted by Crippen LogP contribution is -2.75. The fourth-order valence-electron chi connectivity index (χ4n) is 9.73. The third-order valence-electron chi connectivity index (χ3n) is 12.4. The van der Waals surface area contributed by atoms with Crippen molar-refractivity contribution in [1.29, 1.82) is 0 Å². The minimum absolute atomic E-state index is 0.0165. The zero-order valence-corrected chi connectivity index (χ0v) is 21.8. The van der Waals surface area contributed by atoms with Gasteiger partial charge in [-0.1, -0.05) is 19.9 Å². The third-order valence-corrected chi connectivity index (χ3v) is 12.4. The smallest absolute Gasteiger partial charge is 0.341 e. The molecule has 6 rings (SSSR count). The van der Waals surface area contributed by atoms with Crippen molar-refractivity contribution in [3.63, 3.8) is 0 Å². The highest BCUT2D eigenvalue weighted by Gasteiger charge is 2.75. The largest absolute Gasteiger partial charge is 0.460 e. The Balaban J connectivity index is 1.34. The lowest BCUT2D eigenvalue weighted by atomic mass is 9.41. The van der Waals surface area contributed by atoms with Gasteiger partial charge in [0.15, 0.2) is 11.4 Å². The van der Waals surface area contributed by atoms with E-state index in [1.165, 1.54) is 6.08 Å². The molecule has 8 heteroatoms. The van der Waals surface area contributed by atoms with Crippen molar-refractivity contribution in [2.75, 3.05) is 0 Å². The van der Waals surface area contributed by atoms with Crippen molar-refractivity contribution in [2.45, 2.75) is 108 Å². The van der Waals surface area contributed by atoms with Gasteiger partial charge in [-0.15, -0.1) is 0 Å². The Morgan fingerprint density at radius 1 is 1.06 bits per heavy atom. The second kappa shape index (κ2) is 7.20. The maximum atomic E-state index is 13.3. The second-order valence-electron chi connectivity index (χ2n) is 13.5. The number of aliphatic hydroxyl groups is 4. The molecule has 0 bridgehead atoms. The number of epoxide rings is 1. The molecule has 0 spiro atoms. The van der Waals surface area contributed by atoms with Crippen LogP contribution in [0.4, 0.5) is 0 Å². The van der Waals surface area contributed by atoms with Crippen molar-refractivity contribution in [2.24, 2.45) is 40.4 Å². The van der Waals surface area contributed by atoms with E-state index in [9.17, 15) is 30.0 Å². The second-order valence-corrected chi connectivity index (χ2v) is 13.5. The molecule has 0 aromatic rings. The summed E-state index contributed by atoms with van der Waals surface area (Å²) in [6.45, 7) is 9.55. The number of cyclic esters (lactones) is 1. The van der Waals surface area contributed by atoms with Crippen LogP contribution in [0.15, 0.2) is 12.2 Å². The van der Waals surface area contributed by atoms with Crippen LogP contribution >= 0.6 is 0 Å². The summed E-state index contributed by atoms with van der Waals surface area (Å²) >= 11 is 0. The van der Waals surface area contributed by atoms with Gasteiger partial charge in [0.1, 0.15) is 23.4 Å². The summed E-state index contributed by atoms with van der Waals surface area (Å²) in [5.41, 5.74) is -5.08. The van der Waals surface area contributed by atoms with E-state index in [-0.39, 0.29) is 48.5 Å². The number of allylic oxidation sites excluding steroid dienone is 1. The molecule has 0 radical (unpaired) electrons. The Morgan fingerprint density at radius 3 is 2.42 bits per heavy atom. The van der Waals surface area contributed by atoms with E-state index in [0.717, 1.165) is 12.8 Å². The zero-order valence-electron chi connectivity index (χ0n) is 21.8. The minimum Gasteiger partial charge on any atom is -0.460 e. The predicted octanol–water partition coefficient (Wildman–Crippen LogP) is 1.52. The van der Waals surface area contributed by atoms with Gasteiger partial charge in [-0.2, -0.15) is 0 Å². The van der Waals surface area contributed by atoms with Gasteiger partial charge in [0.25, 0.3) is 0 Å². The van der Waals surface area contributed by atoms with Gasteiger partial charge in [0.2, 0.25) is 0 Å². The van der Waals surface area contributed by atoms with E-state index in [4.69, 9.17) is 9.47 Å². The molecule has 4 N–H and O–H groups in total. The number of ketones is 1. The Labute approximate surface area is 212 Å². The normalized spacial score (nSPS) is 60.4. The molecule has 0 aromatic carbocycles. The molecule has 0 aromatic heterocycles. The monoisotopic (exact) mass is 504 g/mol. The van der Waals surface area contributed by atoms with E-state index in [1.807, 2.05) is 6.92 Å². The average molecular weight is 505 g/mol. The molecule has 36 heavy (non-hydrogen) atoms. The molecule has 2 aliphatic heterocycles. The lowest BCUT2D eigenvalue weighted by Gasteiger charge is -2.65. The number of aliphatic hydroxyl groups excluding tert-OH is 3. The van der Waals surface area contributed by atoms with Crippen LogP contribution in [0.1, 0.15) is 66.7 Å². The number of hydrogen-bond acceptors (Lipinski definition) is 8. The summed E-state index contributed by atoms with van der Waals surface area (Å²) in [5, 5.41) is 45.9. The number of esters is 1. The first kappa shape index (κ1) is 25.0. The highest BCUT2D eigenvalue weighted by Crippen LogP contribution is 2.69. The fourth-order valence-corrected chi connectivity index (χ4v) is 9.73. The Hall–Kier alpha value is -1.32. The van der Waals surface area contributed by atoms with Crippen LogP contribution in [0.5, 0.6) is 0 Å². The first-order valence-electron chi connectivity index (χ1n) is 13.6. The van der Waals surface area contributed by atoms with Gasteiger partial charge in [-0.3, -0.25) is 4.79 Å². The van der Waals surface area contributed by atoms with Gasteiger partial charge in [0.05, 0.1) is 17.6 Å². The van der Waals surface area contributed by atoms with Crippen molar-refractivity contribution in [3.8, 4) is 0 Å². The summed E-state index contributed by atoms with van der Waals surface area (Å²) in [5.74, 6) is -1.67. The number of carbonyl (C=O) groups excluding carboxylic acids is 2. The van der Waals surface area contributed by atoms with Crippen molar-refractivity contribution >= 4 is 11.8 Å². The Morgan fingerprint density at radius 2 is 1.75 bits per heavy atom. The van der Waals surface area contributed by atoms with Crippen molar-refractivity contribution in [1.82, 2.24) is 0 Å². The van der Waals surface area contributed by atoms with Crippen LogP contribution in [-0.4, -0.2) is 73.4 Å². The molecular weight excluding hydrogens is 464 g/mol. The molecule has 3 saturated carbocycles. The zero-order chi connectivity index (χ0) is 26.2. The Bertz CT molecular complexity index is 1040. The molecule has 2 saturated heterocycles. The third kappa shape index (κ3) is 2.63. The van der Waals surface area contributed by atoms with Crippen LogP contribution in [0.2, 0.25) is 0 Å². The molecule has 5 fully saturated rings. The SMILES string of the molecule is CC(C1CC2(C)OC2(C)C(=O)O1)C1CCC2C3C(O)C(O)C4(O)CC=CC(=O)C4(C)C3CC(O)C12C. The minimum atomic E-state index is -1.78. The summed E-state index contributed by atoms with van der Waals surface area (Å²) in [7, 11) is 0. The molecule has 4 aliphatic carbocycles. The number of rotatable bonds is 2. The summed E-state index contributed by atoms with van der Waals surface area (Å²) < 4.78 is 11.7. The molecule has 200 valence electrons. The van der Waals surface area contributed by atoms with E-state index in [1.54, 1.807) is 19.9 Å². The molecular formula is C28H40O8. The fraction of sp³-hybridized carbons (Fsp3) is 0.857. The first-order valence-corrected chi connectivity index (χ1v) is 13.6. The van der Waals surface area contributed by atoms with Crippen LogP contribution in [0.25, 0.3) is 0 Å². The van der Waals surface area contributed by atoms with E-state index < -0.39 is 57.8 Å². The Kier molecular flexibility index (Phi) is 5.00. The maximum absolute atomic E-state index is 13.3. The maximum Gasteiger partial charge on any atom is 0.341 e. The number of hydrogen-bond donors (Lipinski definition) is 4. The molecule has 8 nitrogen and oxygen atoms in total. The predicted molar refractivity (Wildman–Crippen MR) is 127 cm³/mol. The van der Waals surface area contributed by atoms with Crippen LogP contribution in [0, 0.1) is 40.4 Å². The van der Waals surface area contributed by atoms with Crippen molar-refractivity contribution < 1.29 is 39.5 Å². The number of ether oxygens (including phenoxy) is 2. The van der Waals surface area contributed by atoms with Crippen molar-refractivity contribution in [3.05, 3.63) is 12.2 Å². The van der Waals surface area contributed by atoms with Gasteiger partial charge >= 0.3 is 5.97 Å². The van der Waals surface area contributed by atoms with E-state index in [2.05, 4.69) is 13.8 Å². The quantitative estimate of drug-likeness (QED) is 0.328. The average Bonchev–Trinajstić information content (AvgIpc) is 3.22. The molecule has 6 aliphatic rings. The standard InChI is InChI=1S/C28H40O8/c1-13(17-12-24(2)27(5,36-24)23(33)35-17)14-8-9-15-20-16(11-19(30)25(14,15)3)26(4)18(29)7-6-10-28(26,34)22(32)21(20)31/h6-7,13-17,19-22,30-32,34H,8-12H2,1-5H3. The molecule has 14 atom stereocenters. The van der Waals surface area contributed by atoms with E-state index >= 15 is 0 Å². The highest BCUT2D eigenvalue weighted by atomic mass is 16.7. The topological polar surface area (TPSA) is 137 Å². The van der Waals surface area contributed by atoms with Gasteiger partial charge in [-0.05, 0) is 87.5 Å².